The van der Waals surface area contributed by atoms with Crippen molar-refractivity contribution in [2.75, 3.05) is 25.9 Å². The van der Waals surface area contributed by atoms with Crippen LogP contribution in [0.4, 0.5) is 5.69 Å². The maximum Gasteiger partial charge on any atom is 0.306 e. The zero-order valence-electron chi connectivity index (χ0n) is 33.7. The lowest BCUT2D eigenvalue weighted by molar-refractivity contribution is -0.150. The van der Waals surface area contributed by atoms with Gasteiger partial charge in [0.15, 0.2) is 11.9 Å². The number of Topliss-reactive ketones (excluding diaryl/α,β-unsaturated/α-hetero) is 1. The lowest BCUT2D eigenvalue weighted by Gasteiger charge is -2.43. The van der Waals surface area contributed by atoms with E-state index in [-0.39, 0.29) is 54.5 Å². The Labute approximate surface area is 325 Å². The Hall–Kier alpha value is -3.84. The Morgan fingerprint density at radius 1 is 1.07 bits per heavy atom. The number of hydrogen-bond acceptors (Lipinski definition) is 10. The number of nitrogen functional groups attached to an aromatic ring is 1. The van der Waals surface area contributed by atoms with Gasteiger partial charge in [-0.3, -0.25) is 28.9 Å². The molecule has 0 radical (unpaired) electrons. The molecule has 13 heteroatoms. The summed E-state index contributed by atoms with van der Waals surface area (Å²) in [5, 5.41) is 14.6. The van der Waals surface area contributed by atoms with Gasteiger partial charge in [-0.05, 0) is 89.1 Å². The maximum atomic E-state index is 14.6. The normalized spacial score (nSPS) is 19.6. The molecule has 3 rings (SSSR count). The average Bonchev–Trinajstić information content (AvgIpc) is 3.62. The van der Waals surface area contributed by atoms with E-state index in [0.717, 1.165) is 37.8 Å². The Morgan fingerprint density at radius 2 is 1.74 bits per heavy atom. The molecule has 0 saturated carbocycles. The van der Waals surface area contributed by atoms with Crippen LogP contribution in [0.15, 0.2) is 29.6 Å². The van der Waals surface area contributed by atoms with Gasteiger partial charge in [0.1, 0.15) is 10.7 Å². The van der Waals surface area contributed by atoms with Crippen LogP contribution in [-0.4, -0.2) is 87.2 Å². The van der Waals surface area contributed by atoms with Gasteiger partial charge in [0, 0.05) is 55.4 Å². The first-order valence-corrected chi connectivity index (χ1v) is 20.3. The monoisotopic (exact) mass is 769 g/mol. The van der Waals surface area contributed by atoms with Crippen LogP contribution >= 0.6 is 11.3 Å². The zero-order chi connectivity index (χ0) is 40.3. The largest absolute Gasteiger partial charge is 0.481 e. The molecule has 300 valence electrons. The summed E-state index contributed by atoms with van der Waals surface area (Å²) in [6, 6.07) is 6.35. The van der Waals surface area contributed by atoms with E-state index in [4.69, 9.17) is 10.5 Å². The first kappa shape index (κ1) is 44.6. The molecule has 0 bridgehead atoms. The quantitative estimate of drug-likeness (QED) is 0.0992. The van der Waals surface area contributed by atoms with Gasteiger partial charge >= 0.3 is 11.9 Å². The third-order valence-electron chi connectivity index (χ3n) is 11.3. The number of hydrogen-bond donors (Lipinski definition) is 3. The van der Waals surface area contributed by atoms with Crippen LogP contribution in [0.2, 0.25) is 0 Å². The molecule has 2 aromatic rings. The summed E-state index contributed by atoms with van der Waals surface area (Å²) in [6.07, 6.45) is 3.74. The minimum absolute atomic E-state index is 0.0209. The van der Waals surface area contributed by atoms with Gasteiger partial charge in [0.25, 0.3) is 5.91 Å². The minimum Gasteiger partial charge on any atom is -0.481 e. The van der Waals surface area contributed by atoms with Gasteiger partial charge in [-0.25, -0.2) is 4.98 Å². The van der Waals surface area contributed by atoms with Gasteiger partial charge in [-0.15, -0.1) is 11.3 Å². The summed E-state index contributed by atoms with van der Waals surface area (Å²) in [7, 11) is 1.99. The number of carboxylic acid groups (broad SMARTS) is 1. The number of carbonyl (C=O) groups excluding carboxylic acids is 4. The van der Waals surface area contributed by atoms with E-state index in [1.54, 1.807) is 24.4 Å². The van der Waals surface area contributed by atoms with E-state index >= 15 is 0 Å². The number of rotatable bonds is 20. The number of likely N-dealkylation sites (N-methyl/N-ethyl adjacent to an activating group) is 1. The molecular weight excluding hydrogens is 707 g/mol. The highest BCUT2D eigenvalue weighted by molar-refractivity contribution is 7.09. The lowest BCUT2D eigenvalue weighted by atomic mass is 9.77. The number of aliphatic carboxylic acids is 1. The van der Waals surface area contributed by atoms with Crippen molar-refractivity contribution in [2.24, 2.45) is 23.7 Å². The standard InChI is InChI=1S/C41H63N5O7S/c1-10-26(5)32(22-36(48)41(8)18-12-13-19-45(41)9)39(50)46(11-2)34(25(3)4)23-35(53-28(7)47)38-44-33(24-54-38)37(49)43-31(20-27(6)40(51)52)21-29-14-16-30(42)17-15-29/h14-17,24-27,31-32,34-35H,10-13,18-23,42H2,1-9H3,(H,43,49)(H,51,52)/t26-,27-,31+,32-,34?,35+,41+/m0/s1. The molecule has 54 heavy (non-hydrogen) atoms. The number of esters is 1. The van der Waals surface area contributed by atoms with E-state index in [0.29, 0.717) is 23.7 Å². The molecule has 1 aromatic carbocycles. The predicted octanol–water partition coefficient (Wildman–Crippen LogP) is 6.54. The number of aromatic nitrogens is 1. The number of ketones is 1. The maximum absolute atomic E-state index is 14.6. The third kappa shape index (κ3) is 11.8. The third-order valence-corrected chi connectivity index (χ3v) is 12.3. The van der Waals surface area contributed by atoms with Gasteiger partial charge in [-0.1, -0.05) is 53.2 Å². The number of piperidine rings is 1. The van der Waals surface area contributed by atoms with Crippen molar-refractivity contribution in [1.29, 1.82) is 0 Å². The molecule has 1 fully saturated rings. The van der Waals surface area contributed by atoms with E-state index in [9.17, 15) is 29.1 Å². The number of carbonyl (C=O) groups is 5. The van der Waals surface area contributed by atoms with Crippen LogP contribution in [0.3, 0.4) is 0 Å². The van der Waals surface area contributed by atoms with Crippen LogP contribution in [0, 0.1) is 23.7 Å². The summed E-state index contributed by atoms with van der Waals surface area (Å²) in [5.41, 5.74) is 6.86. The number of benzene rings is 1. The second kappa shape index (κ2) is 20.2. The fourth-order valence-electron chi connectivity index (χ4n) is 7.45. The van der Waals surface area contributed by atoms with Crippen molar-refractivity contribution in [2.45, 2.75) is 130 Å². The summed E-state index contributed by atoms with van der Waals surface area (Å²) in [4.78, 5) is 74.8. The van der Waals surface area contributed by atoms with Gasteiger partial charge in [-0.2, -0.15) is 0 Å². The molecule has 0 aliphatic carbocycles. The molecule has 1 aliphatic heterocycles. The lowest BCUT2D eigenvalue weighted by Crippen LogP contribution is -2.55. The number of nitrogens with zero attached hydrogens (tertiary/aromatic N) is 3. The van der Waals surface area contributed by atoms with Crippen LogP contribution in [0.5, 0.6) is 0 Å². The molecular formula is C41H63N5O7S. The molecule has 2 heterocycles. The second-order valence-electron chi connectivity index (χ2n) is 15.7. The number of nitrogens with two attached hydrogens (primary N) is 1. The fourth-order valence-corrected chi connectivity index (χ4v) is 8.29. The van der Waals surface area contributed by atoms with Gasteiger partial charge < -0.3 is 25.8 Å². The highest BCUT2D eigenvalue weighted by atomic mass is 32.1. The number of anilines is 1. The van der Waals surface area contributed by atoms with E-state index < -0.39 is 47.4 Å². The number of carboxylic acids is 1. The molecule has 0 spiro atoms. The number of likely N-dealkylation sites (tertiary alicyclic amines) is 1. The topological polar surface area (TPSA) is 172 Å². The summed E-state index contributed by atoms with van der Waals surface area (Å²) >= 11 is 1.19. The Bertz CT molecular complexity index is 1580. The summed E-state index contributed by atoms with van der Waals surface area (Å²) in [5.74, 6) is -3.18. The molecule has 1 saturated heterocycles. The molecule has 2 amide bonds. The predicted molar refractivity (Wildman–Crippen MR) is 212 cm³/mol. The number of nitrogens with one attached hydrogen (secondary N) is 1. The van der Waals surface area contributed by atoms with Gasteiger partial charge in [0.2, 0.25) is 5.91 Å². The van der Waals surface area contributed by atoms with E-state index in [1.807, 2.05) is 65.6 Å². The van der Waals surface area contributed by atoms with E-state index in [2.05, 4.69) is 15.2 Å². The van der Waals surface area contributed by atoms with Gasteiger partial charge in [0.05, 0.1) is 11.5 Å². The van der Waals surface area contributed by atoms with Crippen molar-refractivity contribution < 1.29 is 33.8 Å². The first-order chi connectivity index (χ1) is 25.4. The summed E-state index contributed by atoms with van der Waals surface area (Å²) < 4.78 is 5.84. The fraction of sp³-hybridized carbons (Fsp3) is 0.659. The molecule has 12 nitrogen and oxygen atoms in total. The molecule has 1 aliphatic rings. The number of ether oxygens (including phenoxy) is 1. The van der Waals surface area contributed by atoms with Crippen molar-refractivity contribution >= 4 is 46.6 Å². The average molecular weight is 770 g/mol. The highest BCUT2D eigenvalue weighted by Gasteiger charge is 2.43. The molecule has 7 atom stereocenters. The van der Waals surface area contributed by atoms with Crippen LogP contribution in [-0.2, 0) is 30.3 Å². The Kier molecular flexibility index (Phi) is 16.7. The zero-order valence-corrected chi connectivity index (χ0v) is 34.5. The molecule has 1 aromatic heterocycles. The van der Waals surface area contributed by atoms with Crippen molar-refractivity contribution in [3.63, 3.8) is 0 Å². The van der Waals surface area contributed by atoms with Crippen molar-refractivity contribution in [3.05, 3.63) is 45.9 Å². The highest BCUT2D eigenvalue weighted by Crippen LogP contribution is 2.35. The number of thiazole rings is 1. The van der Waals surface area contributed by atoms with Crippen molar-refractivity contribution in [3.8, 4) is 0 Å². The van der Waals surface area contributed by atoms with Crippen molar-refractivity contribution in [1.82, 2.24) is 20.1 Å². The van der Waals surface area contributed by atoms with E-state index in [1.165, 1.54) is 18.3 Å². The van der Waals surface area contributed by atoms with Crippen LogP contribution in [0.1, 0.15) is 127 Å². The first-order valence-electron chi connectivity index (χ1n) is 19.5. The number of amides is 2. The second-order valence-corrected chi connectivity index (χ2v) is 16.6. The minimum atomic E-state index is -0.959. The summed E-state index contributed by atoms with van der Waals surface area (Å²) in [6.45, 7) is 16.2. The Balaban J connectivity index is 1.87. The SMILES string of the molecule is CC[C@H](C)[C@H](CC(=O)[C@@]1(C)CCCCN1C)C(=O)N(CC)C(C[C@@H](OC(C)=O)c1nc(C(=O)N[C@@H](Cc2ccc(N)cc2)C[C@H](C)C(=O)O)cs1)C(C)C. The molecule has 4 N–H and O–H groups in total. The smallest absolute Gasteiger partial charge is 0.306 e. The Morgan fingerprint density at radius 3 is 2.30 bits per heavy atom. The molecule has 1 unspecified atom stereocenters. The van der Waals surface area contributed by atoms with Crippen LogP contribution in [0.25, 0.3) is 0 Å². The van der Waals surface area contributed by atoms with Crippen LogP contribution < -0.4 is 11.1 Å².